The number of nitro groups is 1. The van der Waals surface area contributed by atoms with Crippen molar-refractivity contribution in [3.63, 3.8) is 0 Å². The molecule has 1 N–H and O–H groups in total. The number of halogens is 3. The third-order valence-electron chi connectivity index (χ3n) is 3.33. The number of carbonyl (C=O) groups is 2. The molecule has 0 unspecified atom stereocenters. The van der Waals surface area contributed by atoms with Crippen molar-refractivity contribution in [3.8, 4) is 0 Å². The first-order valence-electron chi connectivity index (χ1n) is 7.37. The highest BCUT2D eigenvalue weighted by Crippen LogP contribution is 2.37. The Morgan fingerprint density at radius 1 is 1.30 bits per heavy atom. The molecule has 27 heavy (non-hydrogen) atoms. The zero-order valence-electron chi connectivity index (χ0n) is 13.7. The number of esters is 1. The van der Waals surface area contributed by atoms with Gasteiger partial charge in [-0.1, -0.05) is 0 Å². The molecule has 11 heteroatoms. The van der Waals surface area contributed by atoms with Crippen LogP contribution in [0.1, 0.15) is 22.8 Å². The van der Waals surface area contributed by atoms with Gasteiger partial charge in [0.15, 0.2) is 6.10 Å². The van der Waals surface area contributed by atoms with Crippen LogP contribution in [-0.4, -0.2) is 27.9 Å². The molecule has 0 radical (unpaired) electrons. The molecule has 0 aliphatic heterocycles. The van der Waals surface area contributed by atoms with Gasteiger partial charge in [-0.3, -0.25) is 19.9 Å². The number of nitrogens with one attached hydrogen (secondary N) is 1. The summed E-state index contributed by atoms with van der Waals surface area (Å²) in [5.41, 5.74) is -2.81. The fraction of sp³-hybridized carbons (Fsp3) is 0.188. The Bertz CT molecular complexity index is 871. The van der Waals surface area contributed by atoms with Gasteiger partial charge in [0.25, 0.3) is 11.6 Å². The number of amides is 1. The Morgan fingerprint density at radius 3 is 2.56 bits per heavy atom. The molecule has 0 saturated heterocycles. The summed E-state index contributed by atoms with van der Waals surface area (Å²) in [7, 11) is 0. The number of nitrogens with zero attached hydrogens (tertiary/aromatic N) is 2. The topological polar surface area (TPSA) is 111 Å². The standard InChI is InChI=1S/C16H12F3N3O5/c1-9(27-15(24)10-3-2-6-20-8-10)14(23)21-13-5-4-11(22(25)26)7-12(13)16(17,18)19/h2-9H,1H3,(H,21,23)/t9-/m1/s1. The first kappa shape index (κ1) is 19.8. The van der Waals surface area contributed by atoms with E-state index in [-0.39, 0.29) is 5.56 Å². The number of hydrogen-bond donors (Lipinski definition) is 1. The third-order valence-corrected chi connectivity index (χ3v) is 3.33. The van der Waals surface area contributed by atoms with E-state index in [1.165, 1.54) is 31.5 Å². The number of anilines is 1. The van der Waals surface area contributed by atoms with Gasteiger partial charge >= 0.3 is 12.1 Å². The molecule has 2 aromatic rings. The number of benzene rings is 1. The second-order valence-corrected chi connectivity index (χ2v) is 5.26. The summed E-state index contributed by atoms with van der Waals surface area (Å²) in [5.74, 6) is -1.92. The molecule has 1 amide bonds. The normalized spacial score (nSPS) is 12.1. The van der Waals surface area contributed by atoms with Crippen LogP contribution in [0.25, 0.3) is 0 Å². The minimum Gasteiger partial charge on any atom is -0.449 e. The first-order chi connectivity index (χ1) is 12.6. The largest absolute Gasteiger partial charge is 0.449 e. The van der Waals surface area contributed by atoms with Gasteiger partial charge in [0.1, 0.15) is 0 Å². The lowest BCUT2D eigenvalue weighted by molar-refractivity contribution is -0.385. The monoisotopic (exact) mass is 383 g/mol. The SMILES string of the molecule is C[C@@H](OC(=O)c1cccnc1)C(=O)Nc1ccc([N+](=O)[O-])cc1C(F)(F)F. The van der Waals surface area contributed by atoms with Crippen LogP contribution in [0, 0.1) is 10.1 Å². The van der Waals surface area contributed by atoms with E-state index in [9.17, 15) is 32.9 Å². The molecule has 142 valence electrons. The van der Waals surface area contributed by atoms with Crippen molar-refractivity contribution in [3.05, 3.63) is 64.0 Å². The second-order valence-electron chi connectivity index (χ2n) is 5.26. The summed E-state index contributed by atoms with van der Waals surface area (Å²) in [6.07, 6.45) is -3.75. The minimum atomic E-state index is -4.94. The van der Waals surface area contributed by atoms with Crippen molar-refractivity contribution < 1.29 is 32.4 Å². The predicted octanol–water partition coefficient (Wildman–Crippen LogP) is 3.19. The van der Waals surface area contributed by atoms with Gasteiger partial charge in [0.05, 0.1) is 21.7 Å². The maximum Gasteiger partial charge on any atom is 0.418 e. The summed E-state index contributed by atoms with van der Waals surface area (Å²) in [6.45, 7) is 1.17. The summed E-state index contributed by atoms with van der Waals surface area (Å²) < 4.78 is 44.2. The van der Waals surface area contributed by atoms with Crippen LogP contribution < -0.4 is 5.32 Å². The molecular weight excluding hydrogens is 371 g/mol. The van der Waals surface area contributed by atoms with Crippen molar-refractivity contribution in [1.29, 1.82) is 0 Å². The van der Waals surface area contributed by atoms with E-state index >= 15 is 0 Å². The van der Waals surface area contributed by atoms with Crippen molar-refractivity contribution in [2.75, 3.05) is 5.32 Å². The van der Waals surface area contributed by atoms with Crippen LogP contribution in [-0.2, 0) is 15.7 Å². The lowest BCUT2D eigenvalue weighted by Crippen LogP contribution is -2.30. The quantitative estimate of drug-likeness (QED) is 0.482. The number of non-ortho nitro benzene ring substituents is 1. The second kappa shape index (κ2) is 7.81. The number of alkyl halides is 3. The van der Waals surface area contributed by atoms with Gasteiger partial charge in [-0.15, -0.1) is 0 Å². The molecule has 0 aliphatic rings. The van der Waals surface area contributed by atoms with Gasteiger partial charge in [-0.05, 0) is 25.1 Å². The van der Waals surface area contributed by atoms with E-state index in [1.807, 2.05) is 5.32 Å². The zero-order valence-corrected chi connectivity index (χ0v) is 13.7. The zero-order chi connectivity index (χ0) is 20.2. The van der Waals surface area contributed by atoms with Gasteiger partial charge in [-0.2, -0.15) is 13.2 Å². The Labute approximate surface area is 150 Å². The van der Waals surface area contributed by atoms with E-state index < -0.39 is 46.0 Å². The average molecular weight is 383 g/mol. The van der Waals surface area contributed by atoms with Crippen LogP contribution in [0.5, 0.6) is 0 Å². The molecule has 1 atom stereocenters. The van der Waals surface area contributed by atoms with Gasteiger partial charge < -0.3 is 10.1 Å². The van der Waals surface area contributed by atoms with Crippen molar-refractivity contribution in [1.82, 2.24) is 4.98 Å². The van der Waals surface area contributed by atoms with Crippen molar-refractivity contribution >= 4 is 23.3 Å². The van der Waals surface area contributed by atoms with Gasteiger partial charge in [0.2, 0.25) is 0 Å². The predicted molar refractivity (Wildman–Crippen MR) is 85.8 cm³/mol. The van der Waals surface area contributed by atoms with Crippen LogP contribution >= 0.6 is 0 Å². The highest BCUT2D eigenvalue weighted by Gasteiger charge is 2.36. The fourth-order valence-electron chi connectivity index (χ4n) is 1.99. The highest BCUT2D eigenvalue weighted by atomic mass is 19.4. The number of ether oxygens (including phenoxy) is 1. The third kappa shape index (κ3) is 5.00. The van der Waals surface area contributed by atoms with Gasteiger partial charge in [-0.25, -0.2) is 4.79 Å². The Morgan fingerprint density at radius 2 is 2.00 bits per heavy atom. The molecule has 2 rings (SSSR count). The molecular formula is C16H12F3N3O5. The Hall–Kier alpha value is -3.50. The molecule has 1 aromatic carbocycles. The van der Waals surface area contributed by atoms with E-state index in [2.05, 4.69) is 4.98 Å². The van der Waals surface area contributed by atoms with E-state index in [0.29, 0.717) is 6.07 Å². The first-order valence-corrected chi connectivity index (χ1v) is 7.37. The van der Waals surface area contributed by atoms with Crippen LogP contribution in [0.3, 0.4) is 0 Å². The average Bonchev–Trinajstić information content (AvgIpc) is 2.61. The number of carbonyl (C=O) groups excluding carboxylic acids is 2. The fourth-order valence-corrected chi connectivity index (χ4v) is 1.99. The van der Waals surface area contributed by atoms with Crippen LogP contribution in [0.15, 0.2) is 42.7 Å². The van der Waals surface area contributed by atoms with E-state index in [0.717, 1.165) is 12.1 Å². The summed E-state index contributed by atoms with van der Waals surface area (Å²) in [5, 5.41) is 12.6. The minimum absolute atomic E-state index is 0.0588. The molecule has 1 heterocycles. The molecule has 0 fully saturated rings. The lowest BCUT2D eigenvalue weighted by atomic mass is 10.1. The smallest absolute Gasteiger partial charge is 0.418 e. The Kier molecular flexibility index (Phi) is 5.73. The maximum atomic E-state index is 13.1. The summed E-state index contributed by atoms with van der Waals surface area (Å²) in [4.78, 5) is 37.3. The van der Waals surface area contributed by atoms with Crippen molar-refractivity contribution in [2.24, 2.45) is 0 Å². The lowest BCUT2D eigenvalue weighted by Gasteiger charge is -2.16. The number of aromatic nitrogens is 1. The van der Waals surface area contributed by atoms with Crippen LogP contribution in [0.4, 0.5) is 24.5 Å². The van der Waals surface area contributed by atoms with Gasteiger partial charge in [0, 0.05) is 24.5 Å². The molecule has 8 nitrogen and oxygen atoms in total. The molecule has 0 aliphatic carbocycles. The highest BCUT2D eigenvalue weighted by molar-refractivity contribution is 5.97. The molecule has 0 spiro atoms. The number of hydrogen-bond acceptors (Lipinski definition) is 6. The number of nitro benzene ring substituents is 1. The van der Waals surface area contributed by atoms with Crippen LogP contribution in [0.2, 0.25) is 0 Å². The number of pyridine rings is 1. The summed E-state index contributed by atoms with van der Waals surface area (Å²) >= 11 is 0. The Balaban J connectivity index is 2.17. The van der Waals surface area contributed by atoms with E-state index in [4.69, 9.17) is 4.74 Å². The maximum absolute atomic E-state index is 13.1. The number of rotatable bonds is 5. The molecule has 1 aromatic heterocycles. The molecule has 0 saturated carbocycles. The van der Waals surface area contributed by atoms with E-state index in [1.54, 1.807) is 0 Å². The molecule has 0 bridgehead atoms. The van der Waals surface area contributed by atoms with Crippen molar-refractivity contribution in [2.45, 2.75) is 19.2 Å². The summed E-state index contributed by atoms with van der Waals surface area (Å²) in [6, 6.07) is 4.74.